The number of carbonyl (C=O) groups excluding carboxylic acids is 1. The second-order valence-corrected chi connectivity index (χ2v) is 7.37. The molecule has 1 aromatic heterocycles. The number of thioether (sulfide) groups is 1. The third-order valence-electron chi connectivity index (χ3n) is 4.30. The second kappa shape index (κ2) is 7.87. The standard InChI is InChI=1S/C20H18FN5OS/c21-15-8-6-14(7-9-15)16-10-18(25-24-16)26-12-17(19(22)27)28-20(26)23-11-13-4-2-1-3-5-13/h1-10,12,20,23H,11H2,(H2,22,27)(H,24,25). The van der Waals surface area contributed by atoms with Crippen LogP contribution in [-0.2, 0) is 11.3 Å². The van der Waals surface area contributed by atoms with Gasteiger partial charge in [0.1, 0.15) is 11.3 Å². The highest BCUT2D eigenvalue weighted by molar-refractivity contribution is 8.04. The minimum absolute atomic E-state index is 0.230. The lowest BCUT2D eigenvalue weighted by atomic mass is 10.1. The van der Waals surface area contributed by atoms with Crippen LogP contribution in [-0.4, -0.2) is 21.6 Å². The van der Waals surface area contributed by atoms with Gasteiger partial charge in [0, 0.05) is 18.8 Å². The zero-order chi connectivity index (χ0) is 19.5. The van der Waals surface area contributed by atoms with Crippen molar-refractivity contribution >= 4 is 23.5 Å². The van der Waals surface area contributed by atoms with Crippen LogP contribution < -0.4 is 16.0 Å². The number of anilines is 1. The van der Waals surface area contributed by atoms with Gasteiger partial charge in [0.25, 0.3) is 5.91 Å². The van der Waals surface area contributed by atoms with Crippen molar-refractivity contribution in [2.24, 2.45) is 5.73 Å². The molecule has 0 fully saturated rings. The molecule has 0 saturated heterocycles. The van der Waals surface area contributed by atoms with Crippen molar-refractivity contribution < 1.29 is 9.18 Å². The number of rotatable bonds is 6. The van der Waals surface area contributed by atoms with Gasteiger partial charge in [0.05, 0.1) is 10.6 Å². The van der Waals surface area contributed by atoms with Gasteiger partial charge >= 0.3 is 0 Å². The van der Waals surface area contributed by atoms with Crippen molar-refractivity contribution in [1.29, 1.82) is 0 Å². The Morgan fingerprint density at radius 2 is 1.96 bits per heavy atom. The third kappa shape index (κ3) is 3.92. The molecule has 1 amide bonds. The minimum atomic E-state index is -0.478. The normalized spacial score (nSPS) is 16.2. The predicted molar refractivity (Wildman–Crippen MR) is 108 cm³/mol. The molecule has 1 aliphatic heterocycles. The van der Waals surface area contributed by atoms with Crippen LogP contribution in [0.4, 0.5) is 10.2 Å². The molecule has 0 radical (unpaired) electrons. The monoisotopic (exact) mass is 395 g/mol. The summed E-state index contributed by atoms with van der Waals surface area (Å²) in [5.74, 6) is -0.138. The van der Waals surface area contributed by atoms with Crippen LogP contribution in [0.1, 0.15) is 5.56 Å². The van der Waals surface area contributed by atoms with E-state index in [1.165, 1.54) is 23.9 Å². The number of H-pyrrole nitrogens is 1. The van der Waals surface area contributed by atoms with E-state index in [1.54, 1.807) is 18.3 Å². The van der Waals surface area contributed by atoms with Gasteiger partial charge in [0.15, 0.2) is 5.82 Å². The summed E-state index contributed by atoms with van der Waals surface area (Å²) >= 11 is 1.35. The van der Waals surface area contributed by atoms with E-state index >= 15 is 0 Å². The quantitative estimate of drug-likeness (QED) is 0.597. The van der Waals surface area contributed by atoms with Crippen molar-refractivity contribution in [3.05, 3.63) is 83.1 Å². The van der Waals surface area contributed by atoms with E-state index in [2.05, 4.69) is 15.5 Å². The predicted octanol–water partition coefficient (Wildman–Crippen LogP) is 3.17. The maximum absolute atomic E-state index is 13.2. The number of hydrogen-bond acceptors (Lipinski definition) is 5. The molecule has 0 saturated carbocycles. The first kappa shape index (κ1) is 18.3. The lowest BCUT2D eigenvalue weighted by molar-refractivity contribution is -0.113. The number of carbonyl (C=O) groups is 1. The molecule has 0 bridgehead atoms. The Kier molecular flexibility index (Phi) is 5.14. The smallest absolute Gasteiger partial charge is 0.256 e. The fraction of sp³-hybridized carbons (Fsp3) is 0.100. The molecule has 3 aromatic rings. The molecule has 2 heterocycles. The first-order valence-corrected chi connectivity index (χ1v) is 9.53. The summed E-state index contributed by atoms with van der Waals surface area (Å²) in [6.45, 7) is 0.629. The van der Waals surface area contributed by atoms with Gasteiger partial charge in [0.2, 0.25) is 0 Å². The molecule has 0 aliphatic carbocycles. The highest BCUT2D eigenvalue weighted by atomic mass is 32.2. The van der Waals surface area contributed by atoms with E-state index in [0.717, 1.165) is 16.8 Å². The van der Waals surface area contributed by atoms with Crippen LogP contribution in [0.15, 0.2) is 71.8 Å². The molecule has 1 unspecified atom stereocenters. The van der Waals surface area contributed by atoms with E-state index in [9.17, 15) is 9.18 Å². The Balaban J connectivity index is 1.55. The van der Waals surface area contributed by atoms with Crippen molar-refractivity contribution in [1.82, 2.24) is 15.5 Å². The highest BCUT2D eigenvalue weighted by Gasteiger charge is 2.30. The number of halogens is 1. The largest absolute Gasteiger partial charge is 0.365 e. The summed E-state index contributed by atoms with van der Waals surface area (Å²) in [5.41, 5.74) is 7.94. The topological polar surface area (TPSA) is 87.0 Å². The van der Waals surface area contributed by atoms with Crippen molar-refractivity contribution in [2.45, 2.75) is 12.0 Å². The number of nitrogens with two attached hydrogens (primary N) is 1. The summed E-state index contributed by atoms with van der Waals surface area (Å²) in [6, 6.07) is 18.0. The van der Waals surface area contributed by atoms with Crippen LogP contribution in [0.25, 0.3) is 11.3 Å². The number of aromatic nitrogens is 2. The van der Waals surface area contributed by atoms with Crippen molar-refractivity contribution in [2.75, 3.05) is 4.90 Å². The fourth-order valence-electron chi connectivity index (χ4n) is 2.87. The van der Waals surface area contributed by atoms with E-state index in [0.29, 0.717) is 17.3 Å². The molecule has 1 atom stereocenters. The number of hydrogen-bond donors (Lipinski definition) is 3. The van der Waals surface area contributed by atoms with Crippen LogP contribution in [0.5, 0.6) is 0 Å². The highest BCUT2D eigenvalue weighted by Crippen LogP contribution is 2.35. The van der Waals surface area contributed by atoms with Crippen molar-refractivity contribution in [3.63, 3.8) is 0 Å². The van der Waals surface area contributed by atoms with Gasteiger partial charge in [-0.15, -0.1) is 0 Å². The Morgan fingerprint density at radius 1 is 1.21 bits per heavy atom. The zero-order valence-electron chi connectivity index (χ0n) is 14.8. The Bertz CT molecular complexity index is 1000. The molecule has 2 aromatic carbocycles. The first-order valence-electron chi connectivity index (χ1n) is 8.65. The average molecular weight is 395 g/mol. The lowest BCUT2D eigenvalue weighted by Crippen LogP contribution is -2.37. The van der Waals surface area contributed by atoms with Crippen LogP contribution in [0.3, 0.4) is 0 Å². The van der Waals surface area contributed by atoms with E-state index in [-0.39, 0.29) is 11.3 Å². The van der Waals surface area contributed by atoms with E-state index < -0.39 is 5.91 Å². The average Bonchev–Trinajstić information content (AvgIpc) is 3.35. The summed E-state index contributed by atoms with van der Waals surface area (Å²) in [6.07, 6.45) is 1.69. The SMILES string of the molecule is NC(=O)C1=CN(c2cc(-c3ccc(F)cc3)[nH]n2)C(NCc2ccccc2)S1. The first-order chi connectivity index (χ1) is 13.6. The molecular weight excluding hydrogens is 377 g/mol. The molecule has 4 N–H and O–H groups in total. The van der Waals surface area contributed by atoms with Crippen LogP contribution in [0, 0.1) is 5.82 Å². The molecule has 0 spiro atoms. The molecule has 6 nitrogen and oxygen atoms in total. The van der Waals surface area contributed by atoms with E-state index in [4.69, 9.17) is 5.73 Å². The molecule has 1 aliphatic rings. The van der Waals surface area contributed by atoms with Crippen molar-refractivity contribution in [3.8, 4) is 11.3 Å². The zero-order valence-corrected chi connectivity index (χ0v) is 15.6. The number of amides is 1. The maximum atomic E-state index is 13.2. The lowest BCUT2D eigenvalue weighted by Gasteiger charge is -2.23. The van der Waals surface area contributed by atoms with Crippen LogP contribution >= 0.6 is 11.8 Å². The fourth-order valence-corrected chi connectivity index (χ4v) is 3.85. The molecule has 4 rings (SSSR count). The van der Waals surface area contributed by atoms with Gasteiger partial charge < -0.3 is 10.6 Å². The second-order valence-electron chi connectivity index (χ2n) is 6.25. The van der Waals surface area contributed by atoms with Gasteiger partial charge in [-0.2, -0.15) is 5.10 Å². The number of benzene rings is 2. The molecule has 8 heteroatoms. The van der Waals surface area contributed by atoms with Gasteiger partial charge in [-0.25, -0.2) is 4.39 Å². The Labute approximate surface area is 165 Å². The Morgan fingerprint density at radius 3 is 2.68 bits per heavy atom. The number of primary amides is 1. The summed E-state index contributed by atoms with van der Waals surface area (Å²) in [5, 5.41) is 10.7. The van der Waals surface area contributed by atoms with Gasteiger partial charge in [-0.05, 0) is 35.4 Å². The van der Waals surface area contributed by atoms with E-state index in [1.807, 2.05) is 41.3 Å². The van der Waals surface area contributed by atoms with Gasteiger partial charge in [-0.1, -0.05) is 42.1 Å². The number of nitrogens with one attached hydrogen (secondary N) is 2. The summed E-state index contributed by atoms with van der Waals surface area (Å²) < 4.78 is 13.2. The Hall–Kier alpha value is -3.10. The number of nitrogens with zero attached hydrogens (tertiary/aromatic N) is 2. The van der Waals surface area contributed by atoms with Crippen LogP contribution in [0.2, 0.25) is 0 Å². The summed E-state index contributed by atoms with van der Waals surface area (Å²) in [4.78, 5) is 14.0. The molecular formula is C20H18FN5OS. The summed E-state index contributed by atoms with van der Waals surface area (Å²) in [7, 11) is 0. The number of aromatic amines is 1. The van der Waals surface area contributed by atoms with Gasteiger partial charge in [-0.3, -0.25) is 15.2 Å². The molecule has 28 heavy (non-hydrogen) atoms. The minimum Gasteiger partial charge on any atom is -0.365 e. The molecule has 142 valence electrons. The third-order valence-corrected chi connectivity index (χ3v) is 5.48. The maximum Gasteiger partial charge on any atom is 0.256 e.